The summed E-state index contributed by atoms with van der Waals surface area (Å²) in [6.45, 7) is 4.07. The number of aliphatic hydroxyl groups is 1. The highest BCUT2D eigenvalue weighted by molar-refractivity contribution is 5.98. The number of hydrogen-bond acceptors (Lipinski definition) is 5. The van der Waals surface area contributed by atoms with Crippen LogP contribution in [-0.4, -0.2) is 37.3 Å². The second-order valence-electron chi connectivity index (χ2n) is 5.83. The molecule has 0 bridgehead atoms. The average Bonchev–Trinajstić information content (AvgIpc) is 2.53. The first-order valence-corrected chi connectivity index (χ1v) is 7.78. The van der Waals surface area contributed by atoms with Gasteiger partial charge in [-0.2, -0.15) is 0 Å². The zero-order valence-corrected chi connectivity index (χ0v) is 14.5. The van der Waals surface area contributed by atoms with Gasteiger partial charge < -0.3 is 9.84 Å². The predicted molar refractivity (Wildman–Crippen MR) is 90.6 cm³/mol. The smallest absolute Gasteiger partial charge is 0.337 e. The van der Waals surface area contributed by atoms with E-state index in [9.17, 15) is 14.7 Å². The molecule has 1 aromatic rings. The molecule has 132 valence electrons. The van der Waals surface area contributed by atoms with Gasteiger partial charge >= 0.3 is 5.97 Å². The lowest BCUT2D eigenvalue weighted by molar-refractivity contribution is 0.0536. The quantitative estimate of drug-likeness (QED) is 0.432. The number of hydrogen-bond donors (Lipinski definition) is 2. The van der Waals surface area contributed by atoms with E-state index in [-0.39, 0.29) is 5.56 Å². The van der Waals surface area contributed by atoms with Crippen LogP contribution in [0.15, 0.2) is 30.4 Å². The molecule has 0 aliphatic heterocycles. The minimum atomic E-state index is -0.518. The van der Waals surface area contributed by atoms with Crippen LogP contribution in [0.1, 0.15) is 46.5 Å². The van der Waals surface area contributed by atoms with Gasteiger partial charge in [-0.15, -0.1) is 0 Å². The van der Waals surface area contributed by atoms with Crippen LogP contribution < -0.4 is 5.48 Å². The first-order chi connectivity index (χ1) is 11.4. The third-order valence-electron chi connectivity index (χ3n) is 3.38. The van der Waals surface area contributed by atoms with Crippen molar-refractivity contribution in [3.63, 3.8) is 0 Å². The van der Waals surface area contributed by atoms with E-state index in [4.69, 9.17) is 0 Å². The molecular formula is C18H25NO5. The Labute approximate surface area is 142 Å². The van der Waals surface area contributed by atoms with Crippen molar-refractivity contribution in [3.8, 4) is 0 Å². The van der Waals surface area contributed by atoms with Gasteiger partial charge in [0.15, 0.2) is 0 Å². The van der Waals surface area contributed by atoms with E-state index in [1.807, 2.05) is 19.9 Å². The van der Waals surface area contributed by atoms with Crippen molar-refractivity contribution in [2.45, 2.75) is 32.8 Å². The van der Waals surface area contributed by atoms with Gasteiger partial charge in [-0.1, -0.05) is 32.1 Å². The number of aliphatic hydroxyl groups excluding tert-OH is 1. The third kappa shape index (κ3) is 6.14. The van der Waals surface area contributed by atoms with Crippen molar-refractivity contribution >= 4 is 11.9 Å². The van der Waals surface area contributed by atoms with Crippen molar-refractivity contribution in [1.82, 2.24) is 5.48 Å². The predicted octanol–water partition coefficient (Wildman–Crippen LogP) is 2.27. The number of nitrogens with one attached hydrogen (secondary N) is 1. The number of carbonyl (C=O) groups is 2. The second kappa shape index (κ2) is 9.85. The summed E-state index contributed by atoms with van der Waals surface area (Å²) in [5.74, 6) is -0.572. The molecule has 0 heterocycles. The van der Waals surface area contributed by atoms with Crippen molar-refractivity contribution in [3.05, 3.63) is 47.0 Å². The molecule has 0 fully saturated rings. The Morgan fingerprint density at radius 3 is 2.58 bits per heavy atom. The molecule has 0 spiro atoms. The minimum absolute atomic E-state index is 0.284. The van der Waals surface area contributed by atoms with E-state index in [1.165, 1.54) is 20.3 Å². The molecular weight excluding hydrogens is 310 g/mol. The van der Waals surface area contributed by atoms with Gasteiger partial charge in [-0.25, -0.2) is 10.3 Å². The molecule has 0 radical (unpaired) electrons. The average molecular weight is 335 g/mol. The monoisotopic (exact) mass is 335 g/mol. The van der Waals surface area contributed by atoms with Crippen LogP contribution in [0.4, 0.5) is 0 Å². The number of rotatable bonds is 8. The molecule has 0 aromatic heterocycles. The Bertz CT molecular complexity index is 595. The fourth-order valence-corrected chi connectivity index (χ4v) is 2.27. The summed E-state index contributed by atoms with van der Waals surface area (Å²) < 4.78 is 4.67. The molecule has 0 aliphatic rings. The Kier molecular flexibility index (Phi) is 8.15. The third-order valence-corrected chi connectivity index (χ3v) is 3.38. The largest absolute Gasteiger partial charge is 0.465 e. The number of allylic oxidation sites excluding steroid dienone is 1. The maximum absolute atomic E-state index is 12.1. The van der Waals surface area contributed by atoms with E-state index >= 15 is 0 Å². The van der Waals surface area contributed by atoms with Crippen LogP contribution in [0.2, 0.25) is 0 Å². The Morgan fingerprint density at radius 2 is 2.00 bits per heavy atom. The summed E-state index contributed by atoms with van der Waals surface area (Å²) in [5, 5.41) is 9.86. The molecule has 6 heteroatoms. The van der Waals surface area contributed by atoms with Crippen molar-refractivity contribution < 1.29 is 24.3 Å². The Morgan fingerprint density at radius 1 is 1.29 bits per heavy atom. The summed E-state index contributed by atoms with van der Waals surface area (Å²) in [4.78, 5) is 28.4. The molecule has 0 aliphatic carbocycles. The molecule has 0 saturated heterocycles. The molecule has 2 N–H and O–H groups in total. The molecule has 1 amide bonds. The highest BCUT2D eigenvalue weighted by Gasteiger charge is 2.15. The zero-order valence-electron chi connectivity index (χ0n) is 14.5. The topological polar surface area (TPSA) is 84.9 Å². The number of hydroxylamine groups is 1. The number of carbonyl (C=O) groups excluding carboxylic acids is 2. The lowest BCUT2D eigenvalue weighted by atomic mass is 9.99. The first kappa shape index (κ1) is 19.9. The number of benzene rings is 1. The molecule has 6 nitrogen and oxygen atoms in total. The van der Waals surface area contributed by atoms with Gasteiger partial charge in [0.1, 0.15) is 0 Å². The van der Waals surface area contributed by atoms with Crippen molar-refractivity contribution in [2.24, 2.45) is 5.92 Å². The number of amides is 1. The summed E-state index contributed by atoms with van der Waals surface area (Å²) >= 11 is 0. The lowest BCUT2D eigenvalue weighted by Gasteiger charge is -2.10. The minimum Gasteiger partial charge on any atom is -0.465 e. The summed E-state index contributed by atoms with van der Waals surface area (Å²) in [5.41, 5.74) is 3.57. The normalized spacial score (nSPS) is 12.4. The van der Waals surface area contributed by atoms with Crippen LogP contribution >= 0.6 is 0 Å². The second-order valence-corrected chi connectivity index (χ2v) is 5.83. The first-order valence-electron chi connectivity index (χ1n) is 7.78. The summed E-state index contributed by atoms with van der Waals surface area (Å²) in [7, 11) is 2.62. The Hall–Kier alpha value is -2.18. The summed E-state index contributed by atoms with van der Waals surface area (Å²) in [6, 6.07) is 4.76. The number of methoxy groups -OCH3 is 1. The zero-order chi connectivity index (χ0) is 18.1. The standard InChI is InChI=1S/C18H25NO5/c1-12(2)10-15(20)7-5-6-13-8-9-14(18(22)23-3)11-16(13)17(21)19-24-4/h5,7-9,11-12,15,20H,6,10H2,1-4H3,(H,19,21). The van der Waals surface area contributed by atoms with E-state index < -0.39 is 18.0 Å². The van der Waals surface area contributed by atoms with E-state index in [2.05, 4.69) is 15.1 Å². The number of ether oxygens (including phenoxy) is 1. The van der Waals surface area contributed by atoms with Crippen molar-refractivity contribution in [1.29, 1.82) is 0 Å². The van der Waals surface area contributed by atoms with E-state index in [0.717, 1.165) is 0 Å². The fourth-order valence-electron chi connectivity index (χ4n) is 2.27. The highest BCUT2D eigenvalue weighted by Crippen LogP contribution is 2.15. The van der Waals surface area contributed by atoms with Gasteiger partial charge in [-0.3, -0.25) is 9.63 Å². The molecule has 24 heavy (non-hydrogen) atoms. The summed E-state index contributed by atoms with van der Waals surface area (Å²) in [6.07, 6.45) is 4.13. The van der Waals surface area contributed by atoms with Crippen LogP contribution in [0.3, 0.4) is 0 Å². The molecule has 1 unspecified atom stereocenters. The van der Waals surface area contributed by atoms with Crippen LogP contribution in [-0.2, 0) is 16.0 Å². The van der Waals surface area contributed by atoms with Crippen LogP contribution in [0.25, 0.3) is 0 Å². The van der Waals surface area contributed by atoms with Gasteiger partial charge in [-0.05, 0) is 36.5 Å². The van der Waals surface area contributed by atoms with Gasteiger partial charge in [0.2, 0.25) is 0 Å². The maximum atomic E-state index is 12.1. The number of esters is 1. The van der Waals surface area contributed by atoms with Crippen molar-refractivity contribution in [2.75, 3.05) is 14.2 Å². The molecule has 0 saturated carbocycles. The highest BCUT2D eigenvalue weighted by atomic mass is 16.6. The van der Waals surface area contributed by atoms with Gasteiger partial charge in [0.25, 0.3) is 5.91 Å². The van der Waals surface area contributed by atoms with Gasteiger partial charge in [0, 0.05) is 5.56 Å². The molecule has 1 rings (SSSR count). The SMILES string of the molecule is CONC(=O)c1cc(C(=O)OC)ccc1CC=CC(O)CC(C)C. The maximum Gasteiger partial charge on any atom is 0.337 e. The Balaban J connectivity index is 2.98. The van der Waals surface area contributed by atoms with Crippen LogP contribution in [0.5, 0.6) is 0 Å². The van der Waals surface area contributed by atoms with E-state index in [1.54, 1.807) is 18.2 Å². The fraction of sp³-hybridized carbons (Fsp3) is 0.444. The molecule has 1 atom stereocenters. The van der Waals surface area contributed by atoms with Crippen LogP contribution in [0, 0.1) is 5.92 Å². The van der Waals surface area contributed by atoms with E-state index in [0.29, 0.717) is 29.9 Å². The lowest BCUT2D eigenvalue weighted by Crippen LogP contribution is -2.23. The molecule has 1 aromatic carbocycles. The van der Waals surface area contributed by atoms with Gasteiger partial charge in [0.05, 0.1) is 25.9 Å².